The molecule has 1 rings (SSSR count). The first kappa shape index (κ1) is 15.2. The van der Waals surface area contributed by atoms with Gasteiger partial charge in [0.15, 0.2) is 0 Å². The zero-order valence-electron chi connectivity index (χ0n) is 11.7. The van der Waals surface area contributed by atoms with Crippen LogP contribution in [0.3, 0.4) is 0 Å². The van der Waals surface area contributed by atoms with Gasteiger partial charge < -0.3 is 9.47 Å². The van der Waals surface area contributed by atoms with Gasteiger partial charge in [0.1, 0.15) is 0 Å². The molecule has 0 fully saturated rings. The molecule has 4 nitrogen and oxygen atoms in total. The smallest absolute Gasteiger partial charge is 0.310 e. The van der Waals surface area contributed by atoms with E-state index in [0.717, 1.165) is 16.7 Å². The van der Waals surface area contributed by atoms with Crippen LogP contribution in [0.25, 0.3) is 0 Å². The highest BCUT2D eigenvalue weighted by atomic mass is 16.5. The van der Waals surface area contributed by atoms with E-state index in [4.69, 9.17) is 4.74 Å². The summed E-state index contributed by atoms with van der Waals surface area (Å²) in [6.07, 6.45) is 1.13. The molecule has 1 aromatic carbocycles. The maximum Gasteiger partial charge on any atom is 0.310 e. The maximum atomic E-state index is 11.5. The van der Waals surface area contributed by atoms with Gasteiger partial charge in [-0.05, 0) is 31.4 Å². The number of methoxy groups -OCH3 is 1. The summed E-state index contributed by atoms with van der Waals surface area (Å²) in [5.41, 5.74) is 3.01. The molecule has 0 aliphatic carbocycles. The number of aryl methyl sites for hydroxylation is 2. The summed E-state index contributed by atoms with van der Waals surface area (Å²) < 4.78 is 9.58. The predicted octanol–water partition coefficient (Wildman–Crippen LogP) is 2.21. The van der Waals surface area contributed by atoms with Crippen LogP contribution in [0.2, 0.25) is 0 Å². The van der Waals surface area contributed by atoms with Crippen molar-refractivity contribution >= 4 is 11.9 Å². The number of hydrogen-bond acceptors (Lipinski definition) is 4. The van der Waals surface area contributed by atoms with Crippen molar-refractivity contribution in [3.8, 4) is 0 Å². The van der Waals surface area contributed by atoms with Gasteiger partial charge in [0, 0.05) is 6.42 Å². The van der Waals surface area contributed by atoms with Gasteiger partial charge in [0.25, 0.3) is 0 Å². The fourth-order valence-corrected chi connectivity index (χ4v) is 1.87. The Kier molecular flexibility index (Phi) is 6.06. The van der Waals surface area contributed by atoms with E-state index in [2.05, 4.69) is 4.74 Å². The number of carbonyl (C=O) groups excluding carboxylic acids is 2. The highest BCUT2D eigenvalue weighted by molar-refractivity contribution is 5.73. The van der Waals surface area contributed by atoms with E-state index in [9.17, 15) is 9.59 Å². The van der Waals surface area contributed by atoms with Gasteiger partial charge in [0.2, 0.25) is 0 Å². The second-order valence-corrected chi connectivity index (χ2v) is 4.33. The molecule has 4 heteroatoms. The number of benzene rings is 1. The van der Waals surface area contributed by atoms with Gasteiger partial charge in [-0.25, -0.2) is 0 Å². The molecule has 0 amide bonds. The zero-order valence-corrected chi connectivity index (χ0v) is 11.7. The van der Waals surface area contributed by atoms with Crippen LogP contribution < -0.4 is 0 Å². The van der Waals surface area contributed by atoms with Crippen molar-refractivity contribution in [2.24, 2.45) is 0 Å². The lowest BCUT2D eigenvalue weighted by atomic mass is 9.98. The molecule has 0 saturated carbocycles. The second-order valence-electron chi connectivity index (χ2n) is 4.33. The van der Waals surface area contributed by atoms with Gasteiger partial charge in [-0.3, -0.25) is 9.59 Å². The van der Waals surface area contributed by atoms with Crippen LogP contribution in [-0.2, 0) is 31.9 Å². The Morgan fingerprint density at radius 3 is 2.53 bits per heavy atom. The van der Waals surface area contributed by atoms with Crippen LogP contribution in [-0.4, -0.2) is 25.7 Å². The molecule has 0 radical (unpaired) electrons. The van der Waals surface area contributed by atoms with Crippen molar-refractivity contribution in [3.63, 3.8) is 0 Å². The first-order valence-electron chi connectivity index (χ1n) is 6.37. The van der Waals surface area contributed by atoms with Crippen molar-refractivity contribution in [3.05, 3.63) is 34.9 Å². The third kappa shape index (κ3) is 5.12. The summed E-state index contributed by atoms with van der Waals surface area (Å²) in [7, 11) is 1.37. The van der Waals surface area contributed by atoms with Gasteiger partial charge in [-0.1, -0.05) is 23.8 Å². The predicted molar refractivity (Wildman–Crippen MR) is 71.9 cm³/mol. The molecule has 0 N–H and O–H groups in total. The number of hydrogen-bond donors (Lipinski definition) is 0. The molecule has 0 heterocycles. The van der Waals surface area contributed by atoms with E-state index in [1.165, 1.54) is 7.11 Å². The van der Waals surface area contributed by atoms with Crippen molar-refractivity contribution in [1.29, 1.82) is 0 Å². The molecule has 1 aromatic rings. The first-order valence-corrected chi connectivity index (χ1v) is 6.37. The Balaban J connectivity index is 2.79. The lowest BCUT2D eigenvalue weighted by Crippen LogP contribution is -2.10. The summed E-state index contributed by atoms with van der Waals surface area (Å²) in [5, 5.41) is 0. The second kappa shape index (κ2) is 7.56. The van der Waals surface area contributed by atoms with Crippen molar-refractivity contribution in [2.75, 3.05) is 13.7 Å². The van der Waals surface area contributed by atoms with Gasteiger partial charge >= 0.3 is 11.9 Å². The molecule has 0 aliphatic rings. The largest absolute Gasteiger partial charge is 0.469 e. The fraction of sp³-hybridized carbons (Fsp3) is 0.467. The molecular formula is C15H20O4. The highest BCUT2D eigenvalue weighted by Crippen LogP contribution is 2.15. The number of carbonyl (C=O) groups is 2. The summed E-state index contributed by atoms with van der Waals surface area (Å²) in [6, 6.07) is 5.87. The zero-order chi connectivity index (χ0) is 14.3. The molecule has 0 bridgehead atoms. The van der Waals surface area contributed by atoms with Crippen LogP contribution in [0, 0.1) is 6.92 Å². The third-order valence-corrected chi connectivity index (χ3v) is 2.83. The molecule has 0 spiro atoms. The minimum Gasteiger partial charge on any atom is -0.469 e. The Hall–Kier alpha value is -1.84. The van der Waals surface area contributed by atoms with E-state index >= 15 is 0 Å². The Morgan fingerprint density at radius 2 is 1.89 bits per heavy atom. The van der Waals surface area contributed by atoms with Gasteiger partial charge in [-0.2, -0.15) is 0 Å². The summed E-state index contributed by atoms with van der Waals surface area (Å²) >= 11 is 0. The van der Waals surface area contributed by atoms with Gasteiger partial charge in [0.05, 0.1) is 20.1 Å². The minimum absolute atomic E-state index is 0.241. The number of ether oxygens (including phenoxy) is 2. The van der Waals surface area contributed by atoms with Crippen molar-refractivity contribution in [2.45, 2.75) is 33.1 Å². The van der Waals surface area contributed by atoms with E-state index < -0.39 is 0 Å². The van der Waals surface area contributed by atoms with Gasteiger partial charge in [-0.15, -0.1) is 0 Å². The highest BCUT2D eigenvalue weighted by Gasteiger charge is 2.10. The summed E-state index contributed by atoms with van der Waals surface area (Å²) in [5.74, 6) is -0.491. The molecule has 19 heavy (non-hydrogen) atoms. The topological polar surface area (TPSA) is 52.6 Å². The van der Waals surface area contributed by atoms with Crippen LogP contribution in [0.5, 0.6) is 0 Å². The van der Waals surface area contributed by atoms with Crippen molar-refractivity contribution < 1.29 is 19.1 Å². The molecule has 0 atom stereocenters. The monoisotopic (exact) mass is 264 g/mol. The Bertz CT molecular complexity index is 451. The molecule has 0 aliphatic heterocycles. The van der Waals surface area contributed by atoms with E-state index in [0.29, 0.717) is 19.4 Å². The van der Waals surface area contributed by atoms with E-state index in [-0.39, 0.29) is 18.4 Å². The third-order valence-electron chi connectivity index (χ3n) is 2.83. The van der Waals surface area contributed by atoms with Crippen molar-refractivity contribution in [1.82, 2.24) is 0 Å². The first-order chi connectivity index (χ1) is 9.06. The Morgan fingerprint density at radius 1 is 1.16 bits per heavy atom. The average Bonchev–Trinajstić information content (AvgIpc) is 2.38. The van der Waals surface area contributed by atoms with Crippen LogP contribution in [0.15, 0.2) is 18.2 Å². The molecular weight excluding hydrogens is 244 g/mol. The average molecular weight is 264 g/mol. The molecule has 104 valence electrons. The normalized spacial score (nSPS) is 10.1. The quantitative estimate of drug-likeness (QED) is 0.739. The van der Waals surface area contributed by atoms with Crippen LogP contribution in [0.4, 0.5) is 0 Å². The number of esters is 2. The molecule has 0 unspecified atom stereocenters. The molecule has 0 aromatic heterocycles. The van der Waals surface area contributed by atoms with E-state index in [1.54, 1.807) is 6.92 Å². The Labute approximate surface area is 113 Å². The maximum absolute atomic E-state index is 11.5. The molecule has 0 saturated heterocycles. The SMILES string of the molecule is CCOC(=O)Cc1ccc(C)cc1CCC(=O)OC. The lowest BCUT2D eigenvalue weighted by molar-refractivity contribution is -0.142. The number of rotatable bonds is 6. The van der Waals surface area contributed by atoms with Crippen LogP contribution in [0.1, 0.15) is 30.0 Å². The minimum atomic E-state index is -0.247. The summed E-state index contributed by atoms with van der Waals surface area (Å²) in [6.45, 7) is 4.14. The van der Waals surface area contributed by atoms with E-state index in [1.807, 2.05) is 25.1 Å². The fourth-order valence-electron chi connectivity index (χ4n) is 1.87. The standard InChI is InChI=1S/C15H20O4/c1-4-19-15(17)10-13-6-5-11(2)9-12(13)7-8-14(16)18-3/h5-6,9H,4,7-8,10H2,1-3H3. The summed E-state index contributed by atoms with van der Waals surface area (Å²) in [4.78, 5) is 22.7. The van der Waals surface area contributed by atoms with Crippen LogP contribution >= 0.6 is 0 Å². The lowest BCUT2D eigenvalue weighted by Gasteiger charge is -2.10.